The van der Waals surface area contributed by atoms with Gasteiger partial charge in [0.25, 0.3) is 0 Å². The Kier molecular flexibility index (Phi) is 2.30. The van der Waals surface area contributed by atoms with Crippen molar-refractivity contribution in [3.8, 4) is 0 Å². The van der Waals surface area contributed by atoms with E-state index in [1.165, 1.54) is 12.3 Å². The Hall–Kier alpha value is -1.13. The number of aromatic amines is 1. The van der Waals surface area contributed by atoms with E-state index in [1.807, 2.05) is 0 Å². The van der Waals surface area contributed by atoms with E-state index in [0.29, 0.717) is 5.56 Å². The standard InChI is InChI=1S/C8H12N2O2/c1-8(9,5-11)6-2-3-7(12)10-4-6/h2-4,11H,5,9H2,1H3,(H,10,12)/t8-/m0/s1. The fourth-order valence-corrected chi connectivity index (χ4v) is 0.857. The van der Waals surface area contributed by atoms with E-state index >= 15 is 0 Å². The lowest BCUT2D eigenvalue weighted by molar-refractivity contribution is 0.210. The average Bonchev–Trinajstić information content (AvgIpc) is 2.05. The van der Waals surface area contributed by atoms with Gasteiger partial charge in [-0.2, -0.15) is 0 Å². The van der Waals surface area contributed by atoms with Gasteiger partial charge >= 0.3 is 0 Å². The third kappa shape index (κ3) is 1.72. The first-order valence-electron chi connectivity index (χ1n) is 3.65. The van der Waals surface area contributed by atoms with Crippen molar-refractivity contribution >= 4 is 0 Å². The van der Waals surface area contributed by atoms with E-state index in [2.05, 4.69) is 4.98 Å². The number of rotatable bonds is 2. The van der Waals surface area contributed by atoms with Crippen LogP contribution in [-0.4, -0.2) is 16.7 Å². The number of aliphatic hydroxyl groups is 1. The predicted molar refractivity (Wildman–Crippen MR) is 45.7 cm³/mol. The summed E-state index contributed by atoms with van der Waals surface area (Å²) < 4.78 is 0. The van der Waals surface area contributed by atoms with Crippen molar-refractivity contribution in [2.75, 3.05) is 6.61 Å². The molecule has 0 aliphatic rings. The maximum absolute atomic E-state index is 10.7. The SMILES string of the molecule is C[C@](N)(CO)c1ccc(=O)[nH]c1. The molecule has 0 spiro atoms. The summed E-state index contributed by atoms with van der Waals surface area (Å²) in [6, 6.07) is 2.99. The van der Waals surface area contributed by atoms with Crippen LogP contribution in [0.15, 0.2) is 23.1 Å². The summed E-state index contributed by atoms with van der Waals surface area (Å²) >= 11 is 0. The van der Waals surface area contributed by atoms with Crippen molar-refractivity contribution in [1.29, 1.82) is 0 Å². The quantitative estimate of drug-likeness (QED) is 0.559. The minimum Gasteiger partial charge on any atom is -0.394 e. The van der Waals surface area contributed by atoms with Gasteiger partial charge < -0.3 is 15.8 Å². The molecule has 4 heteroatoms. The molecule has 0 aromatic carbocycles. The van der Waals surface area contributed by atoms with E-state index < -0.39 is 5.54 Å². The van der Waals surface area contributed by atoms with Crippen LogP contribution in [0.25, 0.3) is 0 Å². The second-order valence-corrected chi connectivity index (χ2v) is 3.02. The van der Waals surface area contributed by atoms with Crippen LogP contribution < -0.4 is 11.3 Å². The molecule has 1 aromatic rings. The minimum absolute atomic E-state index is 0.154. The topological polar surface area (TPSA) is 79.1 Å². The number of hydrogen-bond donors (Lipinski definition) is 3. The van der Waals surface area contributed by atoms with Crippen molar-refractivity contribution in [3.63, 3.8) is 0 Å². The van der Waals surface area contributed by atoms with Crippen LogP contribution in [0.2, 0.25) is 0 Å². The molecule has 0 unspecified atom stereocenters. The molecule has 1 heterocycles. The summed E-state index contributed by atoms with van der Waals surface area (Å²) in [5.41, 5.74) is 5.47. The van der Waals surface area contributed by atoms with Crippen LogP contribution in [0, 0.1) is 0 Å². The Bertz CT molecular complexity index is 297. The van der Waals surface area contributed by atoms with Crippen LogP contribution in [0.3, 0.4) is 0 Å². The molecule has 0 fully saturated rings. The molecule has 66 valence electrons. The first-order valence-corrected chi connectivity index (χ1v) is 3.65. The molecule has 0 amide bonds. The monoisotopic (exact) mass is 168 g/mol. The van der Waals surface area contributed by atoms with E-state index in [9.17, 15) is 4.79 Å². The van der Waals surface area contributed by atoms with E-state index in [0.717, 1.165) is 0 Å². The van der Waals surface area contributed by atoms with Crippen molar-refractivity contribution in [2.24, 2.45) is 5.73 Å². The lowest BCUT2D eigenvalue weighted by Gasteiger charge is -2.21. The zero-order valence-corrected chi connectivity index (χ0v) is 6.87. The molecule has 0 saturated carbocycles. The normalized spacial score (nSPS) is 15.6. The van der Waals surface area contributed by atoms with Crippen molar-refractivity contribution < 1.29 is 5.11 Å². The largest absolute Gasteiger partial charge is 0.394 e. The predicted octanol–water partition coefficient (Wildman–Crippen LogP) is -0.459. The van der Waals surface area contributed by atoms with Crippen molar-refractivity contribution in [2.45, 2.75) is 12.5 Å². The van der Waals surface area contributed by atoms with Gasteiger partial charge in [0.05, 0.1) is 12.1 Å². The average molecular weight is 168 g/mol. The van der Waals surface area contributed by atoms with Gasteiger partial charge in [-0.05, 0) is 12.5 Å². The molecule has 1 atom stereocenters. The van der Waals surface area contributed by atoms with Gasteiger partial charge in [0.1, 0.15) is 0 Å². The summed E-state index contributed by atoms with van der Waals surface area (Å²) in [5, 5.41) is 8.90. The highest BCUT2D eigenvalue weighted by atomic mass is 16.3. The first kappa shape index (κ1) is 8.96. The summed E-state index contributed by atoms with van der Waals surface area (Å²) in [4.78, 5) is 13.2. The van der Waals surface area contributed by atoms with Crippen molar-refractivity contribution in [3.05, 3.63) is 34.2 Å². The van der Waals surface area contributed by atoms with Gasteiger partial charge in [-0.15, -0.1) is 0 Å². The van der Waals surface area contributed by atoms with Crippen LogP contribution in [0.1, 0.15) is 12.5 Å². The molecule has 0 aliphatic carbocycles. The van der Waals surface area contributed by atoms with Crippen LogP contribution >= 0.6 is 0 Å². The third-order valence-corrected chi connectivity index (χ3v) is 1.77. The number of aromatic nitrogens is 1. The van der Waals surface area contributed by atoms with Gasteiger partial charge in [-0.1, -0.05) is 6.07 Å². The summed E-state index contributed by atoms with van der Waals surface area (Å²) in [5.74, 6) is 0. The Labute approximate surface area is 70.0 Å². The Morgan fingerprint density at radius 2 is 2.33 bits per heavy atom. The maximum atomic E-state index is 10.7. The highest BCUT2D eigenvalue weighted by Gasteiger charge is 2.19. The zero-order chi connectivity index (χ0) is 9.19. The third-order valence-electron chi connectivity index (χ3n) is 1.77. The Morgan fingerprint density at radius 1 is 1.67 bits per heavy atom. The zero-order valence-electron chi connectivity index (χ0n) is 6.87. The molecule has 0 bridgehead atoms. The number of pyridine rings is 1. The van der Waals surface area contributed by atoms with Gasteiger partial charge in [0, 0.05) is 12.3 Å². The maximum Gasteiger partial charge on any atom is 0.247 e. The van der Waals surface area contributed by atoms with Crippen LogP contribution in [0.5, 0.6) is 0 Å². The summed E-state index contributed by atoms with van der Waals surface area (Å²) in [6.07, 6.45) is 1.51. The molecular formula is C8H12N2O2. The Morgan fingerprint density at radius 3 is 2.75 bits per heavy atom. The molecule has 4 N–H and O–H groups in total. The van der Waals surface area contributed by atoms with Gasteiger partial charge in [0.15, 0.2) is 0 Å². The molecule has 0 aliphatic heterocycles. The van der Waals surface area contributed by atoms with E-state index in [1.54, 1.807) is 13.0 Å². The lowest BCUT2D eigenvalue weighted by atomic mass is 9.96. The van der Waals surface area contributed by atoms with Gasteiger partial charge in [0.2, 0.25) is 5.56 Å². The molecule has 1 aromatic heterocycles. The fraction of sp³-hybridized carbons (Fsp3) is 0.375. The fourth-order valence-electron chi connectivity index (χ4n) is 0.857. The molecule has 1 rings (SSSR count). The summed E-state index contributed by atoms with van der Waals surface area (Å²) in [7, 11) is 0. The van der Waals surface area contributed by atoms with Gasteiger partial charge in [-0.3, -0.25) is 4.79 Å². The Balaban J connectivity index is 3.04. The van der Waals surface area contributed by atoms with E-state index in [4.69, 9.17) is 10.8 Å². The first-order chi connectivity index (χ1) is 5.56. The highest BCUT2D eigenvalue weighted by molar-refractivity contribution is 5.18. The van der Waals surface area contributed by atoms with Gasteiger partial charge in [-0.25, -0.2) is 0 Å². The molecular weight excluding hydrogens is 156 g/mol. The van der Waals surface area contributed by atoms with Crippen LogP contribution in [-0.2, 0) is 5.54 Å². The van der Waals surface area contributed by atoms with Crippen molar-refractivity contribution in [1.82, 2.24) is 4.98 Å². The number of aliphatic hydroxyl groups excluding tert-OH is 1. The highest BCUT2D eigenvalue weighted by Crippen LogP contribution is 2.13. The van der Waals surface area contributed by atoms with E-state index in [-0.39, 0.29) is 12.2 Å². The second-order valence-electron chi connectivity index (χ2n) is 3.02. The lowest BCUT2D eigenvalue weighted by Crippen LogP contribution is -2.37. The molecule has 4 nitrogen and oxygen atoms in total. The number of H-pyrrole nitrogens is 1. The molecule has 12 heavy (non-hydrogen) atoms. The molecule has 0 saturated heterocycles. The molecule has 0 radical (unpaired) electrons. The minimum atomic E-state index is -0.788. The number of nitrogens with two attached hydrogens (primary N) is 1. The summed E-state index contributed by atoms with van der Waals surface area (Å²) in [6.45, 7) is 1.54. The number of hydrogen-bond acceptors (Lipinski definition) is 3. The number of nitrogens with one attached hydrogen (secondary N) is 1. The smallest absolute Gasteiger partial charge is 0.247 e. The second kappa shape index (κ2) is 3.08. The van der Waals surface area contributed by atoms with Crippen LogP contribution in [0.4, 0.5) is 0 Å².